The standard InChI is InChI=1S/C23H17FO3S2/c1-28(25)22-4-2-3-5-23(22)29(26,27)21-13-10-18-14-17(6-7-19(18)15-21)16-8-11-20(24)12-9-16/h2-15H,1H3. The fraction of sp³-hybridized carbons (Fsp3) is 0.0435. The zero-order chi connectivity index (χ0) is 20.6. The normalized spacial score (nSPS) is 12.8. The molecule has 1 unspecified atom stereocenters. The van der Waals surface area contributed by atoms with Crippen LogP contribution in [-0.2, 0) is 20.6 Å². The Kier molecular flexibility index (Phi) is 5.06. The van der Waals surface area contributed by atoms with Crippen LogP contribution in [0.5, 0.6) is 0 Å². The van der Waals surface area contributed by atoms with Crippen LogP contribution in [0.3, 0.4) is 0 Å². The number of hydrogen-bond donors (Lipinski definition) is 0. The lowest BCUT2D eigenvalue weighted by Crippen LogP contribution is -2.06. The minimum Gasteiger partial charge on any atom is -0.255 e. The molecular weight excluding hydrogens is 407 g/mol. The van der Waals surface area contributed by atoms with Crippen molar-refractivity contribution in [3.8, 4) is 11.1 Å². The highest BCUT2D eigenvalue weighted by atomic mass is 32.2. The number of rotatable bonds is 4. The van der Waals surface area contributed by atoms with Crippen LogP contribution in [0.15, 0.2) is 99.6 Å². The highest BCUT2D eigenvalue weighted by Crippen LogP contribution is 2.30. The minimum absolute atomic E-state index is 0.0584. The van der Waals surface area contributed by atoms with E-state index in [1.165, 1.54) is 24.5 Å². The van der Waals surface area contributed by atoms with Crippen LogP contribution < -0.4 is 0 Å². The molecule has 0 aliphatic heterocycles. The SMILES string of the molecule is CS(=O)c1ccccc1S(=O)(=O)c1ccc2cc(-c3ccc(F)cc3)ccc2c1. The first kappa shape index (κ1) is 19.5. The number of sulfone groups is 1. The summed E-state index contributed by atoms with van der Waals surface area (Å²) in [5.41, 5.74) is 1.80. The molecule has 0 spiro atoms. The van der Waals surface area contributed by atoms with Gasteiger partial charge in [-0.15, -0.1) is 0 Å². The quantitative estimate of drug-likeness (QED) is 0.452. The van der Waals surface area contributed by atoms with Gasteiger partial charge in [0.05, 0.1) is 25.5 Å². The molecule has 0 amide bonds. The van der Waals surface area contributed by atoms with Gasteiger partial charge >= 0.3 is 0 Å². The van der Waals surface area contributed by atoms with Crippen LogP contribution in [0.4, 0.5) is 4.39 Å². The Morgan fingerprint density at radius 3 is 2.10 bits per heavy atom. The first-order valence-corrected chi connectivity index (χ1v) is 11.9. The molecule has 4 aromatic carbocycles. The van der Waals surface area contributed by atoms with Crippen molar-refractivity contribution in [1.82, 2.24) is 0 Å². The molecule has 29 heavy (non-hydrogen) atoms. The van der Waals surface area contributed by atoms with Crippen molar-refractivity contribution < 1.29 is 17.0 Å². The van der Waals surface area contributed by atoms with E-state index in [0.29, 0.717) is 4.90 Å². The highest BCUT2D eigenvalue weighted by Gasteiger charge is 2.22. The Labute approximate surface area is 171 Å². The summed E-state index contributed by atoms with van der Waals surface area (Å²) in [7, 11) is -5.23. The van der Waals surface area contributed by atoms with E-state index in [0.717, 1.165) is 21.9 Å². The second-order valence-electron chi connectivity index (χ2n) is 6.63. The predicted molar refractivity (Wildman–Crippen MR) is 114 cm³/mol. The average molecular weight is 425 g/mol. The summed E-state index contributed by atoms with van der Waals surface area (Å²) in [6, 6.07) is 23.2. The Hall–Kier alpha value is -2.83. The largest absolute Gasteiger partial charge is 0.255 e. The van der Waals surface area contributed by atoms with E-state index in [2.05, 4.69) is 0 Å². The zero-order valence-electron chi connectivity index (χ0n) is 15.5. The first-order valence-electron chi connectivity index (χ1n) is 8.83. The topological polar surface area (TPSA) is 51.2 Å². The van der Waals surface area contributed by atoms with Gasteiger partial charge in [0.25, 0.3) is 0 Å². The minimum atomic E-state index is -3.81. The van der Waals surface area contributed by atoms with E-state index in [9.17, 15) is 17.0 Å². The summed E-state index contributed by atoms with van der Waals surface area (Å²) >= 11 is 0. The monoisotopic (exact) mass is 424 g/mol. The van der Waals surface area contributed by atoms with Gasteiger partial charge in [0.1, 0.15) is 5.82 Å². The van der Waals surface area contributed by atoms with Crippen molar-refractivity contribution >= 4 is 31.4 Å². The van der Waals surface area contributed by atoms with Crippen molar-refractivity contribution in [1.29, 1.82) is 0 Å². The van der Waals surface area contributed by atoms with Crippen LogP contribution in [-0.4, -0.2) is 18.9 Å². The smallest absolute Gasteiger partial charge is 0.207 e. The van der Waals surface area contributed by atoms with Gasteiger partial charge in [0.2, 0.25) is 9.84 Å². The molecule has 0 N–H and O–H groups in total. The summed E-state index contributed by atoms with van der Waals surface area (Å²) in [4.78, 5) is 0.500. The molecule has 0 saturated carbocycles. The van der Waals surface area contributed by atoms with Crippen molar-refractivity contribution in [3.63, 3.8) is 0 Å². The van der Waals surface area contributed by atoms with Crippen LogP contribution in [0.1, 0.15) is 0 Å². The van der Waals surface area contributed by atoms with E-state index in [-0.39, 0.29) is 15.6 Å². The molecule has 0 heterocycles. The summed E-state index contributed by atoms with van der Waals surface area (Å²) < 4.78 is 51.4. The maximum Gasteiger partial charge on any atom is 0.207 e. The third kappa shape index (κ3) is 3.73. The third-order valence-electron chi connectivity index (χ3n) is 4.75. The fourth-order valence-electron chi connectivity index (χ4n) is 3.25. The summed E-state index contributed by atoms with van der Waals surface area (Å²) in [6.45, 7) is 0. The number of fused-ring (bicyclic) bond motifs is 1. The third-order valence-corrected chi connectivity index (χ3v) is 7.66. The molecule has 0 bridgehead atoms. The molecule has 4 aromatic rings. The maximum atomic E-state index is 13.2. The van der Waals surface area contributed by atoms with Gasteiger partial charge in [0, 0.05) is 6.26 Å². The number of benzene rings is 4. The van der Waals surface area contributed by atoms with E-state index >= 15 is 0 Å². The van der Waals surface area contributed by atoms with Gasteiger partial charge in [-0.25, -0.2) is 12.8 Å². The first-order chi connectivity index (χ1) is 13.9. The molecule has 0 radical (unpaired) electrons. The van der Waals surface area contributed by atoms with E-state index in [4.69, 9.17) is 0 Å². The molecule has 3 nitrogen and oxygen atoms in total. The molecular formula is C23H17FO3S2. The number of hydrogen-bond acceptors (Lipinski definition) is 3. The van der Waals surface area contributed by atoms with Crippen LogP contribution >= 0.6 is 0 Å². The zero-order valence-corrected chi connectivity index (χ0v) is 17.1. The van der Waals surface area contributed by atoms with Gasteiger partial charge in [-0.3, -0.25) is 4.21 Å². The molecule has 1 atom stereocenters. The summed E-state index contributed by atoms with van der Waals surface area (Å²) in [5, 5.41) is 1.64. The Balaban J connectivity index is 1.79. The highest BCUT2D eigenvalue weighted by molar-refractivity contribution is 7.92. The summed E-state index contributed by atoms with van der Waals surface area (Å²) in [5.74, 6) is -0.294. The van der Waals surface area contributed by atoms with E-state index in [1.54, 1.807) is 48.5 Å². The Morgan fingerprint density at radius 1 is 0.759 bits per heavy atom. The molecule has 0 aliphatic rings. The van der Waals surface area contributed by atoms with E-state index < -0.39 is 20.6 Å². The predicted octanol–water partition coefficient (Wildman–Crippen LogP) is 5.22. The second kappa shape index (κ2) is 7.54. The lowest BCUT2D eigenvalue weighted by Gasteiger charge is -2.10. The van der Waals surface area contributed by atoms with Gasteiger partial charge in [-0.2, -0.15) is 0 Å². The average Bonchev–Trinajstić information content (AvgIpc) is 2.73. The molecule has 146 valence electrons. The van der Waals surface area contributed by atoms with Gasteiger partial charge in [-0.1, -0.05) is 42.5 Å². The summed E-state index contributed by atoms with van der Waals surface area (Å²) in [6.07, 6.45) is 1.46. The molecule has 0 aromatic heterocycles. The van der Waals surface area contributed by atoms with Gasteiger partial charge in [-0.05, 0) is 64.4 Å². The van der Waals surface area contributed by atoms with E-state index in [1.807, 2.05) is 18.2 Å². The van der Waals surface area contributed by atoms with Gasteiger partial charge < -0.3 is 0 Å². The molecule has 0 saturated heterocycles. The molecule has 4 rings (SSSR count). The van der Waals surface area contributed by atoms with Crippen LogP contribution in [0.25, 0.3) is 21.9 Å². The Morgan fingerprint density at radius 2 is 1.38 bits per heavy atom. The molecule has 0 fully saturated rings. The van der Waals surface area contributed by atoms with Crippen LogP contribution in [0, 0.1) is 5.82 Å². The number of halogens is 1. The fourth-order valence-corrected chi connectivity index (χ4v) is 5.93. The maximum absolute atomic E-state index is 13.2. The van der Waals surface area contributed by atoms with Crippen molar-refractivity contribution in [2.75, 3.05) is 6.26 Å². The van der Waals surface area contributed by atoms with Crippen molar-refractivity contribution in [2.24, 2.45) is 0 Å². The van der Waals surface area contributed by atoms with Crippen LogP contribution in [0.2, 0.25) is 0 Å². The van der Waals surface area contributed by atoms with Gasteiger partial charge in [0.15, 0.2) is 0 Å². The van der Waals surface area contributed by atoms with Crippen molar-refractivity contribution in [2.45, 2.75) is 14.7 Å². The molecule has 0 aliphatic carbocycles. The van der Waals surface area contributed by atoms with Crippen molar-refractivity contribution in [3.05, 3.63) is 90.7 Å². The lowest BCUT2D eigenvalue weighted by atomic mass is 10.0. The Bertz CT molecular complexity index is 1340. The second-order valence-corrected chi connectivity index (χ2v) is 9.90. The lowest BCUT2D eigenvalue weighted by molar-refractivity contribution is 0.593. The molecule has 6 heteroatoms.